The van der Waals surface area contributed by atoms with Crippen LogP contribution in [0.3, 0.4) is 0 Å². The van der Waals surface area contributed by atoms with Crippen LogP contribution in [-0.4, -0.2) is 31.5 Å². The number of methoxy groups -OCH3 is 1. The lowest BCUT2D eigenvalue weighted by atomic mass is 9.79. The van der Waals surface area contributed by atoms with E-state index in [0.717, 1.165) is 19.4 Å². The fourth-order valence-corrected chi connectivity index (χ4v) is 3.30. The minimum absolute atomic E-state index is 0.154. The molecule has 3 unspecified atom stereocenters. The summed E-state index contributed by atoms with van der Waals surface area (Å²) in [6, 6.07) is 0.159. The van der Waals surface area contributed by atoms with Crippen molar-refractivity contribution in [1.82, 2.24) is 0 Å². The first kappa shape index (κ1) is 12.3. The molecule has 0 amide bonds. The number of ether oxygens (including phenoxy) is 2. The minimum Gasteiger partial charge on any atom is -0.380 e. The van der Waals surface area contributed by atoms with Crippen LogP contribution in [0.2, 0.25) is 0 Å². The van der Waals surface area contributed by atoms with Gasteiger partial charge in [-0.3, -0.25) is 0 Å². The molecule has 1 saturated carbocycles. The largest absolute Gasteiger partial charge is 0.380 e. The summed E-state index contributed by atoms with van der Waals surface area (Å²) in [5.41, 5.74) is 6.45. The van der Waals surface area contributed by atoms with Crippen molar-refractivity contribution in [2.45, 2.75) is 63.2 Å². The molecule has 1 spiro atoms. The number of rotatable bonds is 3. The van der Waals surface area contributed by atoms with Crippen molar-refractivity contribution in [2.75, 3.05) is 13.7 Å². The molecular formula is C13H25NO2. The van der Waals surface area contributed by atoms with Gasteiger partial charge in [-0.2, -0.15) is 0 Å². The van der Waals surface area contributed by atoms with E-state index >= 15 is 0 Å². The molecule has 2 aliphatic rings. The predicted molar refractivity (Wildman–Crippen MR) is 64.3 cm³/mol. The molecule has 16 heavy (non-hydrogen) atoms. The zero-order valence-corrected chi connectivity index (χ0v) is 10.6. The molecule has 2 N–H and O–H groups in total. The van der Waals surface area contributed by atoms with Crippen molar-refractivity contribution < 1.29 is 9.47 Å². The second-order valence-corrected chi connectivity index (χ2v) is 5.51. The highest BCUT2D eigenvalue weighted by Gasteiger charge is 2.42. The molecule has 0 radical (unpaired) electrons. The molecule has 3 atom stereocenters. The Hall–Kier alpha value is -0.120. The Balaban J connectivity index is 1.95. The standard InChI is InChI=1S/C13H25NO2/c1-10(15-2)12(14)11-5-8-16-13(9-11)6-3-4-7-13/h10-12H,3-9,14H2,1-2H3. The van der Waals surface area contributed by atoms with Gasteiger partial charge in [-0.1, -0.05) is 12.8 Å². The summed E-state index contributed by atoms with van der Waals surface area (Å²) in [7, 11) is 1.75. The summed E-state index contributed by atoms with van der Waals surface area (Å²) >= 11 is 0. The number of hydrogen-bond acceptors (Lipinski definition) is 3. The van der Waals surface area contributed by atoms with E-state index in [1.54, 1.807) is 7.11 Å². The third-order valence-corrected chi connectivity index (χ3v) is 4.50. The zero-order valence-electron chi connectivity index (χ0n) is 10.6. The normalized spacial score (nSPS) is 32.8. The first-order valence-electron chi connectivity index (χ1n) is 6.59. The monoisotopic (exact) mass is 227 g/mol. The maximum atomic E-state index is 6.27. The number of hydrogen-bond donors (Lipinski definition) is 1. The fourth-order valence-electron chi connectivity index (χ4n) is 3.30. The molecule has 1 aliphatic carbocycles. The van der Waals surface area contributed by atoms with Crippen LogP contribution < -0.4 is 5.73 Å². The van der Waals surface area contributed by atoms with Gasteiger partial charge in [0.2, 0.25) is 0 Å². The highest BCUT2D eigenvalue weighted by molar-refractivity contribution is 4.94. The van der Waals surface area contributed by atoms with E-state index in [1.807, 2.05) is 0 Å². The Morgan fingerprint density at radius 1 is 1.38 bits per heavy atom. The van der Waals surface area contributed by atoms with E-state index in [4.69, 9.17) is 15.2 Å². The summed E-state index contributed by atoms with van der Waals surface area (Å²) in [5.74, 6) is 0.571. The second-order valence-electron chi connectivity index (χ2n) is 5.51. The van der Waals surface area contributed by atoms with Crippen LogP contribution in [0.25, 0.3) is 0 Å². The highest BCUT2D eigenvalue weighted by atomic mass is 16.5. The fraction of sp³-hybridized carbons (Fsp3) is 1.00. The van der Waals surface area contributed by atoms with Gasteiger partial charge in [0, 0.05) is 19.8 Å². The number of nitrogens with two attached hydrogens (primary N) is 1. The lowest BCUT2D eigenvalue weighted by molar-refractivity contribution is -0.103. The van der Waals surface area contributed by atoms with Gasteiger partial charge in [-0.15, -0.1) is 0 Å². The summed E-state index contributed by atoms with van der Waals surface area (Å²) < 4.78 is 11.4. The Labute approximate surface area is 98.7 Å². The van der Waals surface area contributed by atoms with Crippen LogP contribution in [0.5, 0.6) is 0 Å². The van der Waals surface area contributed by atoms with Crippen molar-refractivity contribution in [3.63, 3.8) is 0 Å². The smallest absolute Gasteiger partial charge is 0.0696 e. The molecular weight excluding hydrogens is 202 g/mol. The lowest BCUT2D eigenvalue weighted by Crippen LogP contribution is -2.48. The molecule has 0 aromatic heterocycles. The van der Waals surface area contributed by atoms with Crippen LogP contribution in [0.1, 0.15) is 45.4 Å². The van der Waals surface area contributed by atoms with Gasteiger partial charge < -0.3 is 15.2 Å². The van der Waals surface area contributed by atoms with Crippen LogP contribution >= 0.6 is 0 Å². The average molecular weight is 227 g/mol. The second kappa shape index (κ2) is 5.03. The van der Waals surface area contributed by atoms with Gasteiger partial charge in [0.25, 0.3) is 0 Å². The highest BCUT2D eigenvalue weighted by Crippen LogP contribution is 2.42. The SMILES string of the molecule is COC(C)C(N)C1CCOC2(CCCC2)C1. The molecule has 0 bridgehead atoms. The molecule has 1 heterocycles. The zero-order chi connectivity index (χ0) is 11.6. The van der Waals surface area contributed by atoms with Gasteiger partial charge in [0.15, 0.2) is 0 Å². The van der Waals surface area contributed by atoms with E-state index in [1.165, 1.54) is 25.7 Å². The molecule has 2 fully saturated rings. The van der Waals surface area contributed by atoms with E-state index in [2.05, 4.69) is 6.92 Å². The quantitative estimate of drug-likeness (QED) is 0.803. The minimum atomic E-state index is 0.154. The molecule has 0 aromatic carbocycles. The molecule has 3 nitrogen and oxygen atoms in total. The third-order valence-electron chi connectivity index (χ3n) is 4.50. The predicted octanol–water partition coefficient (Wildman–Crippen LogP) is 2.09. The van der Waals surface area contributed by atoms with Crippen molar-refractivity contribution in [3.05, 3.63) is 0 Å². The summed E-state index contributed by atoms with van der Waals surface area (Å²) in [5, 5.41) is 0. The average Bonchev–Trinajstić information content (AvgIpc) is 2.75. The molecule has 0 aromatic rings. The Morgan fingerprint density at radius 3 is 2.69 bits per heavy atom. The van der Waals surface area contributed by atoms with Crippen molar-refractivity contribution >= 4 is 0 Å². The Morgan fingerprint density at radius 2 is 2.06 bits per heavy atom. The molecule has 1 aliphatic heterocycles. The van der Waals surface area contributed by atoms with Crippen molar-refractivity contribution in [3.8, 4) is 0 Å². The van der Waals surface area contributed by atoms with Gasteiger partial charge in [0.05, 0.1) is 11.7 Å². The van der Waals surface area contributed by atoms with Gasteiger partial charge >= 0.3 is 0 Å². The molecule has 1 saturated heterocycles. The van der Waals surface area contributed by atoms with Gasteiger partial charge in [-0.05, 0) is 38.5 Å². The van der Waals surface area contributed by atoms with Gasteiger partial charge in [0.1, 0.15) is 0 Å². The Bertz CT molecular complexity index is 226. The van der Waals surface area contributed by atoms with Crippen LogP contribution in [-0.2, 0) is 9.47 Å². The summed E-state index contributed by atoms with van der Waals surface area (Å²) in [6.07, 6.45) is 7.50. The van der Waals surface area contributed by atoms with Crippen molar-refractivity contribution in [2.24, 2.45) is 11.7 Å². The molecule has 3 heteroatoms. The van der Waals surface area contributed by atoms with E-state index in [-0.39, 0.29) is 17.7 Å². The Kier molecular flexibility index (Phi) is 3.88. The topological polar surface area (TPSA) is 44.5 Å². The van der Waals surface area contributed by atoms with E-state index in [9.17, 15) is 0 Å². The van der Waals surface area contributed by atoms with Crippen LogP contribution in [0.4, 0.5) is 0 Å². The maximum Gasteiger partial charge on any atom is 0.0696 e. The van der Waals surface area contributed by atoms with Gasteiger partial charge in [-0.25, -0.2) is 0 Å². The molecule has 94 valence electrons. The summed E-state index contributed by atoms with van der Waals surface area (Å²) in [4.78, 5) is 0. The van der Waals surface area contributed by atoms with E-state index in [0.29, 0.717) is 5.92 Å². The maximum absolute atomic E-state index is 6.27. The first-order valence-corrected chi connectivity index (χ1v) is 6.59. The van der Waals surface area contributed by atoms with E-state index < -0.39 is 0 Å². The van der Waals surface area contributed by atoms with Crippen LogP contribution in [0.15, 0.2) is 0 Å². The molecule has 2 rings (SSSR count). The third kappa shape index (κ3) is 2.41. The van der Waals surface area contributed by atoms with Crippen LogP contribution in [0, 0.1) is 5.92 Å². The lowest BCUT2D eigenvalue weighted by Gasteiger charge is -2.41. The summed E-state index contributed by atoms with van der Waals surface area (Å²) in [6.45, 7) is 2.95. The van der Waals surface area contributed by atoms with Crippen molar-refractivity contribution in [1.29, 1.82) is 0 Å². The first-order chi connectivity index (χ1) is 7.67.